The Morgan fingerprint density at radius 2 is 1.89 bits per heavy atom. The lowest BCUT2D eigenvalue weighted by Crippen LogP contribution is -2.35. The number of hydrogen-bond donors (Lipinski definition) is 0. The highest BCUT2D eigenvalue weighted by molar-refractivity contribution is 5.88. The van der Waals surface area contributed by atoms with Gasteiger partial charge >= 0.3 is 12.3 Å². The molecule has 0 atom stereocenters. The van der Waals surface area contributed by atoms with Crippen LogP contribution in [0.15, 0.2) is 35.8 Å². The Morgan fingerprint density at radius 3 is 2.39 bits per heavy atom. The first-order chi connectivity index (χ1) is 12.8. The van der Waals surface area contributed by atoms with Crippen molar-refractivity contribution in [1.29, 1.82) is 0 Å². The van der Waals surface area contributed by atoms with E-state index in [4.69, 9.17) is 4.74 Å². The van der Waals surface area contributed by atoms with E-state index in [1.165, 1.54) is 13.2 Å². The van der Waals surface area contributed by atoms with Gasteiger partial charge in [0, 0.05) is 7.05 Å². The van der Waals surface area contributed by atoms with Gasteiger partial charge in [-0.1, -0.05) is 11.7 Å². The molecule has 1 aromatic rings. The van der Waals surface area contributed by atoms with Crippen LogP contribution in [0.25, 0.3) is 5.57 Å². The largest absolute Gasteiger partial charge is 0.443 e. The van der Waals surface area contributed by atoms with E-state index in [1.54, 1.807) is 20.8 Å². The Bertz CT molecular complexity index is 796. The second kappa shape index (κ2) is 8.85. The summed E-state index contributed by atoms with van der Waals surface area (Å²) in [5.41, 5.74) is -3.09. The molecule has 0 N–H and O–H groups in total. The number of aromatic nitrogens is 1. The van der Waals surface area contributed by atoms with Gasteiger partial charge in [0.2, 0.25) is 0 Å². The van der Waals surface area contributed by atoms with E-state index >= 15 is 0 Å². The van der Waals surface area contributed by atoms with Crippen molar-refractivity contribution in [3.63, 3.8) is 0 Å². The summed E-state index contributed by atoms with van der Waals surface area (Å²) in [7, 11) is 2.34. The Morgan fingerprint density at radius 1 is 1.29 bits per heavy atom. The normalized spacial score (nSPS) is 12.8. The van der Waals surface area contributed by atoms with Gasteiger partial charge in [-0.05, 0) is 44.6 Å². The molecular formula is C18H21F4N3O3. The van der Waals surface area contributed by atoms with Crippen LogP contribution in [0.2, 0.25) is 0 Å². The van der Waals surface area contributed by atoms with Crippen LogP contribution in [-0.4, -0.2) is 37.1 Å². The first kappa shape index (κ1) is 23.1. The van der Waals surface area contributed by atoms with Crippen molar-refractivity contribution in [2.24, 2.45) is 5.16 Å². The van der Waals surface area contributed by atoms with E-state index in [1.807, 2.05) is 0 Å². The second-order valence-corrected chi connectivity index (χ2v) is 6.57. The second-order valence-electron chi connectivity index (χ2n) is 6.57. The number of carbonyl (C=O) groups excluding carboxylic acids is 1. The van der Waals surface area contributed by atoms with Crippen molar-refractivity contribution in [3.05, 3.63) is 42.0 Å². The molecule has 1 amide bonds. The maximum atomic E-state index is 13.6. The SMILES string of the molecule is C=C(/C=C(F)\C=N\OC)c1ccc(N(C)C(=O)OC(C)(C)C)c(C(F)(F)F)n1. The van der Waals surface area contributed by atoms with Crippen LogP contribution in [0.4, 0.5) is 28.0 Å². The Labute approximate surface area is 160 Å². The summed E-state index contributed by atoms with van der Waals surface area (Å²) in [6.07, 6.45) is -4.28. The van der Waals surface area contributed by atoms with Crippen LogP contribution in [0.1, 0.15) is 32.2 Å². The van der Waals surface area contributed by atoms with Crippen LogP contribution in [0, 0.1) is 0 Å². The van der Waals surface area contributed by atoms with Crippen LogP contribution in [0.5, 0.6) is 0 Å². The number of carbonyl (C=O) groups is 1. The molecule has 154 valence electrons. The van der Waals surface area contributed by atoms with Gasteiger partial charge in [0.05, 0.1) is 11.4 Å². The molecule has 0 spiro atoms. The van der Waals surface area contributed by atoms with E-state index < -0.39 is 35.1 Å². The highest BCUT2D eigenvalue weighted by atomic mass is 19.4. The maximum absolute atomic E-state index is 13.6. The molecule has 28 heavy (non-hydrogen) atoms. The molecule has 0 unspecified atom stereocenters. The molecule has 0 aliphatic heterocycles. The van der Waals surface area contributed by atoms with Gasteiger partial charge in [0.1, 0.15) is 24.8 Å². The fourth-order valence-corrected chi connectivity index (χ4v) is 1.92. The third kappa shape index (κ3) is 6.67. The molecule has 10 heteroatoms. The highest BCUT2D eigenvalue weighted by Crippen LogP contribution is 2.36. The first-order valence-corrected chi connectivity index (χ1v) is 7.94. The minimum absolute atomic E-state index is 0.128. The predicted molar refractivity (Wildman–Crippen MR) is 97.6 cm³/mol. The quantitative estimate of drug-likeness (QED) is 0.301. The lowest BCUT2D eigenvalue weighted by Gasteiger charge is -2.26. The Kier molecular flexibility index (Phi) is 7.31. The number of alkyl halides is 3. The number of rotatable bonds is 5. The molecule has 0 saturated heterocycles. The number of amides is 1. The molecule has 1 aromatic heterocycles. The highest BCUT2D eigenvalue weighted by Gasteiger charge is 2.38. The van der Waals surface area contributed by atoms with E-state index in [-0.39, 0.29) is 11.3 Å². The fourth-order valence-electron chi connectivity index (χ4n) is 1.92. The van der Waals surface area contributed by atoms with Crippen molar-refractivity contribution in [2.75, 3.05) is 19.1 Å². The average molecular weight is 403 g/mol. The first-order valence-electron chi connectivity index (χ1n) is 7.94. The molecule has 0 aliphatic carbocycles. The minimum atomic E-state index is -4.87. The van der Waals surface area contributed by atoms with Gasteiger partial charge in [-0.2, -0.15) is 13.2 Å². The standard InChI is InChI=1S/C18H21F4N3O3/c1-11(9-12(19)10-23-27-6)13-7-8-14(15(24-13)18(20,21)22)25(5)16(26)28-17(2,3)4/h7-10H,1H2,2-6H3/b12-9+,23-10+. The fraction of sp³-hybridized carbons (Fsp3) is 0.389. The third-order valence-electron chi connectivity index (χ3n) is 3.09. The molecular weight excluding hydrogens is 382 g/mol. The average Bonchev–Trinajstić information content (AvgIpc) is 2.56. The number of nitrogens with zero attached hydrogens (tertiary/aromatic N) is 3. The van der Waals surface area contributed by atoms with Gasteiger partial charge in [0.15, 0.2) is 5.69 Å². The number of hydrogen-bond acceptors (Lipinski definition) is 5. The number of anilines is 1. The third-order valence-corrected chi connectivity index (χ3v) is 3.09. The number of halogens is 4. The van der Waals surface area contributed by atoms with Crippen LogP contribution in [-0.2, 0) is 15.8 Å². The Balaban J connectivity index is 3.31. The smallest absolute Gasteiger partial charge is 0.435 e. The predicted octanol–water partition coefficient (Wildman–Crippen LogP) is 4.97. The van der Waals surface area contributed by atoms with Gasteiger partial charge < -0.3 is 9.57 Å². The molecule has 0 fully saturated rings. The van der Waals surface area contributed by atoms with E-state index in [9.17, 15) is 22.4 Å². The topological polar surface area (TPSA) is 64.0 Å². The molecule has 1 heterocycles. The molecule has 0 bridgehead atoms. The van der Waals surface area contributed by atoms with Gasteiger partial charge in [-0.25, -0.2) is 14.2 Å². The summed E-state index contributed by atoms with van der Waals surface area (Å²) in [5.74, 6) is -0.892. The zero-order chi connectivity index (χ0) is 21.7. The molecule has 1 rings (SSSR count). The molecule has 6 nitrogen and oxygen atoms in total. The van der Waals surface area contributed by atoms with Crippen molar-refractivity contribution in [1.82, 2.24) is 4.98 Å². The van der Waals surface area contributed by atoms with Crippen LogP contribution in [0.3, 0.4) is 0 Å². The summed E-state index contributed by atoms with van der Waals surface area (Å²) in [5, 5.41) is 3.19. The lowest BCUT2D eigenvalue weighted by atomic mass is 10.1. The Hall–Kier alpha value is -2.91. The monoisotopic (exact) mass is 403 g/mol. The van der Waals surface area contributed by atoms with Crippen molar-refractivity contribution < 1.29 is 31.9 Å². The summed E-state index contributed by atoms with van der Waals surface area (Å²) < 4.78 is 59.1. The van der Waals surface area contributed by atoms with Gasteiger partial charge in [-0.15, -0.1) is 0 Å². The minimum Gasteiger partial charge on any atom is -0.443 e. The van der Waals surface area contributed by atoms with E-state index in [2.05, 4.69) is 21.6 Å². The molecule has 0 aromatic carbocycles. The van der Waals surface area contributed by atoms with Crippen molar-refractivity contribution in [3.8, 4) is 0 Å². The summed E-state index contributed by atoms with van der Waals surface area (Å²) in [6.45, 7) is 8.26. The molecule has 0 saturated carbocycles. The number of ether oxygens (including phenoxy) is 1. The van der Waals surface area contributed by atoms with Crippen molar-refractivity contribution >= 4 is 23.6 Å². The summed E-state index contributed by atoms with van der Waals surface area (Å²) in [6, 6.07) is 2.22. The molecule has 0 radical (unpaired) electrons. The zero-order valence-electron chi connectivity index (χ0n) is 16.1. The lowest BCUT2D eigenvalue weighted by molar-refractivity contribution is -0.140. The van der Waals surface area contributed by atoms with Crippen LogP contribution < -0.4 is 4.90 Å². The summed E-state index contributed by atoms with van der Waals surface area (Å²) in [4.78, 5) is 20.6. The van der Waals surface area contributed by atoms with Crippen LogP contribution >= 0.6 is 0 Å². The maximum Gasteiger partial charge on any atom is 0.435 e. The number of allylic oxidation sites excluding steroid dienone is 3. The zero-order valence-corrected chi connectivity index (χ0v) is 16.1. The van der Waals surface area contributed by atoms with Gasteiger partial charge in [-0.3, -0.25) is 4.90 Å². The van der Waals surface area contributed by atoms with Crippen molar-refractivity contribution in [2.45, 2.75) is 32.5 Å². The summed E-state index contributed by atoms with van der Waals surface area (Å²) >= 11 is 0. The van der Waals surface area contributed by atoms with Gasteiger partial charge in [0.25, 0.3) is 0 Å². The molecule has 0 aliphatic rings. The number of pyridine rings is 1. The van der Waals surface area contributed by atoms with E-state index in [0.29, 0.717) is 4.90 Å². The number of oxime groups is 1. The van der Waals surface area contributed by atoms with E-state index in [0.717, 1.165) is 25.4 Å².